The van der Waals surface area contributed by atoms with Gasteiger partial charge in [0, 0.05) is 33.2 Å². The summed E-state index contributed by atoms with van der Waals surface area (Å²) in [6, 6.07) is 0.144. The zero-order valence-electron chi connectivity index (χ0n) is 12.2. The van der Waals surface area contributed by atoms with Crippen molar-refractivity contribution in [2.45, 2.75) is 13.0 Å². The van der Waals surface area contributed by atoms with Crippen LogP contribution in [0.3, 0.4) is 0 Å². The fourth-order valence-corrected chi connectivity index (χ4v) is 2.85. The summed E-state index contributed by atoms with van der Waals surface area (Å²) < 4.78 is 1.77. The summed E-state index contributed by atoms with van der Waals surface area (Å²) in [5.74, 6) is 0.954. The van der Waals surface area contributed by atoms with Gasteiger partial charge in [0.15, 0.2) is 5.65 Å². The molecule has 0 saturated carbocycles. The molecule has 0 radical (unpaired) electrons. The number of nitrogens with two attached hydrogens (primary N) is 1. The van der Waals surface area contributed by atoms with Gasteiger partial charge in [-0.3, -0.25) is 9.58 Å². The number of piperazine rings is 1. The Bertz CT molecular complexity index is 660. The number of aryl methyl sites for hydroxylation is 1. The third-order valence-corrected chi connectivity index (χ3v) is 4.42. The summed E-state index contributed by atoms with van der Waals surface area (Å²) in [5, 5.41) is 5.26. The fraction of sp³-hybridized carbons (Fsp3) is 0.538. The molecule has 7 nitrogen and oxygen atoms in total. The van der Waals surface area contributed by atoms with Gasteiger partial charge in [-0.25, -0.2) is 9.97 Å². The van der Waals surface area contributed by atoms with E-state index < -0.39 is 0 Å². The van der Waals surface area contributed by atoms with Gasteiger partial charge >= 0.3 is 0 Å². The van der Waals surface area contributed by atoms with Crippen molar-refractivity contribution in [3.05, 3.63) is 12.5 Å². The van der Waals surface area contributed by atoms with E-state index in [-0.39, 0.29) is 6.04 Å². The Morgan fingerprint density at radius 3 is 2.67 bits per heavy atom. The summed E-state index contributed by atoms with van der Waals surface area (Å²) >= 11 is 5.08. The van der Waals surface area contributed by atoms with E-state index in [9.17, 15) is 0 Å². The number of hydrogen-bond donors (Lipinski definition) is 1. The smallest absolute Gasteiger partial charge is 0.163 e. The van der Waals surface area contributed by atoms with Crippen LogP contribution in [-0.2, 0) is 7.05 Å². The molecule has 1 aliphatic rings. The third-order valence-electron chi connectivity index (χ3n) is 4.08. The predicted octanol–water partition coefficient (Wildman–Crippen LogP) is 0.160. The molecule has 0 bridgehead atoms. The first-order valence-corrected chi connectivity index (χ1v) is 7.40. The van der Waals surface area contributed by atoms with Crippen molar-refractivity contribution >= 4 is 34.1 Å². The minimum absolute atomic E-state index is 0.144. The molecule has 1 unspecified atom stereocenters. The molecule has 2 aromatic heterocycles. The summed E-state index contributed by atoms with van der Waals surface area (Å²) in [7, 11) is 1.89. The molecule has 1 atom stereocenters. The Balaban J connectivity index is 1.78. The molecular weight excluding hydrogens is 286 g/mol. The van der Waals surface area contributed by atoms with Crippen molar-refractivity contribution in [3.63, 3.8) is 0 Å². The van der Waals surface area contributed by atoms with Gasteiger partial charge in [0.1, 0.15) is 12.1 Å². The van der Waals surface area contributed by atoms with Crippen LogP contribution < -0.4 is 10.6 Å². The molecule has 2 N–H and O–H groups in total. The number of anilines is 1. The maximum atomic E-state index is 5.73. The summed E-state index contributed by atoms with van der Waals surface area (Å²) in [6.45, 7) is 5.69. The van der Waals surface area contributed by atoms with Crippen LogP contribution in [-0.4, -0.2) is 61.9 Å². The normalized spacial score (nSPS) is 18.1. The molecule has 1 aliphatic heterocycles. The molecular formula is C13H19N7S. The highest BCUT2D eigenvalue weighted by Gasteiger charge is 2.24. The Morgan fingerprint density at radius 1 is 1.29 bits per heavy atom. The summed E-state index contributed by atoms with van der Waals surface area (Å²) in [6.07, 6.45) is 3.43. The highest BCUT2D eigenvalue weighted by atomic mass is 32.1. The first-order chi connectivity index (χ1) is 10.1. The van der Waals surface area contributed by atoms with E-state index in [1.54, 1.807) is 11.0 Å². The van der Waals surface area contributed by atoms with Crippen molar-refractivity contribution in [2.24, 2.45) is 12.8 Å². The molecule has 1 fully saturated rings. The van der Waals surface area contributed by atoms with E-state index in [1.807, 2.05) is 13.2 Å². The topological polar surface area (TPSA) is 76.1 Å². The SMILES string of the molecule is CC(C(N)=S)N1CCN(c2ncnc3c2cnn3C)CC1. The minimum atomic E-state index is 0.144. The van der Waals surface area contributed by atoms with Crippen LogP contribution in [0, 0.1) is 0 Å². The monoisotopic (exact) mass is 305 g/mol. The highest BCUT2D eigenvalue weighted by Crippen LogP contribution is 2.23. The number of nitrogens with zero attached hydrogens (tertiary/aromatic N) is 6. The van der Waals surface area contributed by atoms with Crippen LogP contribution >= 0.6 is 12.2 Å². The Kier molecular flexibility index (Phi) is 3.73. The van der Waals surface area contributed by atoms with Crippen molar-refractivity contribution in [3.8, 4) is 0 Å². The molecule has 8 heteroatoms. The second-order valence-corrected chi connectivity index (χ2v) is 5.78. The van der Waals surface area contributed by atoms with Gasteiger partial charge in [-0.15, -0.1) is 0 Å². The first-order valence-electron chi connectivity index (χ1n) is 6.99. The highest BCUT2D eigenvalue weighted by molar-refractivity contribution is 7.80. The molecule has 21 heavy (non-hydrogen) atoms. The van der Waals surface area contributed by atoms with E-state index in [2.05, 4.69) is 31.8 Å². The molecule has 0 spiro atoms. The van der Waals surface area contributed by atoms with Gasteiger partial charge in [0.2, 0.25) is 0 Å². The van der Waals surface area contributed by atoms with Gasteiger partial charge in [0.25, 0.3) is 0 Å². The van der Waals surface area contributed by atoms with Crippen LogP contribution in [0.5, 0.6) is 0 Å². The number of hydrogen-bond acceptors (Lipinski definition) is 6. The van der Waals surface area contributed by atoms with Crippen molar-refractivity contribution in [1.82, 2.24) is 24.6 Å². The van der Waals surface area contributed by atoms with Gasteiger partial charge < -0.3 is 10.6 Å². The lowest BCUT2D eigenvalue weighted by atomic mass is 10.2. The average Bonchev–Trinajstić information content (AvgIpc) is 2.88. The standard InChI is InChI=1S/C13H19N7S/c1-9(11(14)21)19-3-5-20(6-4-19)13-10-7-17-18(2)12(10)15-8-16-13/h7-9H,3-6H2,1-2H3,(H2,14,21). The van der Waals surface area contributed by atoms with Crippen LogP contribution in [0.25, 0.3) is 11.0 Å². The lowest BCUT2D eigenvalue weighted by Gasteiger charge is -2.38. The molecule has 2 aromatic rings. The second kappa shape index (κ2) is 5.53. The minimum Gasteiger partial charge on any atom is -0.392 e. The predicted molar refractivity (Wildman–Crippen MR) is 86.3 cm³/mol. The number of thiocarbonyl (C=S) groups is 1. The quantitative estimate of drug-likeness (QED) is 0.810. The molecule has 0 aromatic carbocycles. The van der Waals surface area contributed by atoms with Crippen LogP contribution in [0.15, 0.2) is 12.5 Å². The molecule has 112 valence electrons. The van der Waals surface area contributed by atoms with E-state index in [0.717, 1.165) is 43.0 Å². The van der Waals surface area contributed by atoms with Crippen molar-refractivity contribution in [1.29, 1.82) is 0 Å². The molecule has 0 aliphatic carbocycles. The zero-order valence-corrected chi connectivity index (χ0v) is 13.0. The van der Waals surface area contributed by atoms with E-state index >= 15 is 0 Å². The van der Waals surface area contributed by atoms with Gasteiger partial charge in [-0.1, -0.05) is 12.2 Å². The first kappa shape index (κ1) is 14.2. The Hall–Kier alpha value is -1.80. The zero-order chi connectivity index (χ0) is 15.0. The summed E-state index contributed by atoms with van der Waals surface area (Å²) in [4.78, 5) is 13.9. The molecule has 3 heterocycles. The molecule has 1 saturated heterocycles. The second-order valence-electron chi connectivity index (χ2n) is 5.30. The van der Waals surface area contributed by atoms with Crippen LogP contribution in [0.4, 0.5) is 5.82 Å². The van der Waals surface area contributed by atoms with Crippen LogP contribution in [0.2, 0.25) is 0 Å². The number of fused-ring (bicyclic) bond motifs is 1. The van der Waals surface area contributed by atoms with E-state index in [0.29, 0.717) is 4.99 Å². The fourth-order valence-electron chi connectivity index (χ4n) is 2.70. The molecule has 0 amide bonds. The van der Waals surface area contributed by atoms with E-state index in [1.165, 1.54) is 0 Å². The summed E-state index contributed by atoms with van der Waals surface area (Å²) in [5.41, 5.74) is 6.59. The van der Waals surface area contributed by atoms with Crippen LogP contribution in [0.1, 0.15) is 6.92 Å². The van der Waals surface area contributed by atoms with Crippen molar-refractivity contribution < 1.29 is 0 Å². The largest absolute Gasteiger partial charge is 0.392 e. The maximum Gasteiger partial charge on any atom is 0.163 e. The van der Waals surface area contributed by atoms with Crippen molar-refractivity contribution in [2.75, 3.05) is 31.1 Å². The average molecular weight is 305 g/mol. The van der Waals surface area contributed by atoms with Gasteiger partial charge in [-0.05, 0) is 6.92 Å². The lowest BCUT2D eigenvalue weighted by molar-refractivity contribution is 0.239. The Morgan fingerprint density at radius 2 is 2.00 bits per heavy atom. The number of rotatable bonds is 3. The third kappa shape index (κ3) is 2.56. The lowest BCUT2D eigenvalue weighted by Crippen LogP contribution is -2.53. The van der Waals surface area contributed by atoms with E-state index in [4.69, 9.17) is 18.0 Å². The van der Waals surface area contributed by atoms with Gasteiger partial charge in [0.05, 0.1) is 22.6 Å². The molecule has 3 rings (SSSR count). The maximum absolute atomic E-state index is 5.73. The van der Waals surface area contributed by atoms with Gasteiger partial charge in [-0.2, -0.15) is 5.10 Å². The Labute approximate surface area is 128 Å². The number of aromatic nitrogens is 4.